The number of nitrogens with one attached hydrogen (secondary N) is 1. The zero-order valence-corrected chi connectivity index (χ0v) is 13.4. The molecule has 0 unspecified atom stereocenters. The van der Waals surface area contributed by atoms with Crippen LogP contribution in [0.2, 0.25) is 0 Å². The summed E-state index contributed by atoms with van der Waals surface area (Å²) in [6, 6.07) is 5.93. The highest BCUT2D eigenvalue weighted by Gasteiger charge is 2.16. The molecule has 0 aromatic heterocycles. The van der Waals surface area contributed by atoms with Gasteiger partial charge in [0.2, 0.25) is 5.91 Å². The van der Waals surface area contributed by atoms with Gasteiger partial charge in [-0.1, -0.05) is 15.9 Å². The number of rotatable bonds is 6. The molecule has 0 spiro atoms. The predicted octanol–water partition coefficient (Wildman–Crippen LogP) is 2.56. The molecule has 4 nitrogen and oxygen atoms in total. The number of carbonyl (C=O) groups excluding carboxylic acids is 1. The lowest BCUT2D eigenvalue weighted by Crippen LogP contribution is -2.30. The number of hydrogen-bond donors (Lipinski definition) is 1. The topological polar surface area (TPSA) is 41.6 Å². The van der Waals surface area contributed by atoms with Crippen molar-refractivity contribution in [3.63, 3.8) is 0 Å². The number of amides is 1. The summed E-state index contributed by atoms with van der Waals surface area (Å²) in [5.41, 5.74) is 1.09. The normalized spacial score (nSPS) is 14.6. The summed E-state index contributed by atoms with van der Waals surface area (Å²) in [7, 11) is 1.67. The second-order valence-corrected chi connectivity index (χ2v) is 5.89. The van der Waals surface area contributed by atoms with E-state index >= 15 is 0 Å². The molecule has 0 atom stereocenters. The van der Waals surface area contributed by atoms with Crippen molar-refractivity contribution in [3.8, 4) is 5.75 Å². The zero-order valence-electron chi connectivity index (χ0n) is 11.8. The quantitative estimate of drug-likeness (QED) is 0.809. The Morgan fingerprint density at radius 3 is 2.85 bits per heavy atom. The fraction of sp³-hybridized carbons (Fsp3) is 0.533. The second-order valence-electron chi connectivity index (χ2n) is 4.97. The predicted molar refractivity (Wildman–Crippen MR) is 82.8 cm³/mol. The van der Waals surface area contributed by atoms with Crippen molar-refractivity contribution in [2.75, 3.05) is 26.7 Å². The highest BCUT2D eigenvalue weighted by Crippen LogP contribution is 2.22. The molecule has 20 heavy (non-hydrogen) atoms. The highest BCUT2D eigenvalue weighted by molar-refractivity contribution is 9.10. The van der Waals surface area contributed by atoms with E-state index < -0.39 is 0 Å². The standard InChI is InChI=1S/C15H21BrN2O2/c1-20-14-5-4-13(16)10-12(14)11-17-7-6-15(19)18-8-2-3-9-18/h4-5,10,17H,2-3,6-9,11H2,1H3. The van der Waals surface area contributed by atoms with Gasteiger partial charge in [-0.25, -0.2) is 0 Å². The first-order chi connectivity index (χ1) is 9.70. The first kappa shape index (κ1) is 15.3. The number of methoxy groups -OCH3 is 1. The summed E-state index contributed by atoms with van der Waals surface area (Å²) < 4.78 is 6.35. The first-order valence-corrected chi connectivity index (χ1v) is 7.81. The van der Waals surface area contributed by atoms with E-state index in [1.54, 1.807) is 7.11 Å². The van der Waals surface area contributed by atoms with Gasteiger partial charge >= 0.3 is 0 Å². The smallest absolute Gasteiger partial charge is 0.223 e. The first-order valence-electron chi connectivity index (χ1n) is 7.01. The Balaban J connectivity index is 1.75. The van der Waals surface area contributed by atoms with Gasteiger partial charge in [0.25, 0.3) is 0 Å². The Morgan fingerprint density at radius 1 is 1.40 bits per heavy atom. The molecule has 1 aliphatic heterocycles. The maximum atomic E-state index is 11.9. The molecule has 1 N–H and O–H groups in total. The molecule has 5 heteroatoms. The van der Waals surface area contributed by atoms with Crippen molar-refractivity contribution in [3.05, 3.63) is 28.2 Å². The lowest BCUT2D eigenvalue weighted by atomic mass is 10.2. The molecule has 2 rings (SSSR count). The molecule has 1 saturated heterocycles. The second kappa shape index (κ2) is 7.64. The number of likely N-dealkylation sites (tertiary alicyclic amines) is 1. The molecule has 1 aliphatic rings. The largest absolute Gasteiger partial charge is 0.496 e. The molecule has 1 fully saturated rings. The summed E-state index contributed by atoms with van der Waals surface area (Å²) in [6.45, 7) is 3.26. The van der Waals surface area contributed by atoms with Crippen LogP contribution in [0.3, 0.4) is 0 Å². The molecular weight excluding hydrogens is 320 g/mol. The summed E-state index contributed by atoms with van der Waals surface area (Å²) in [6.07, 6.45) is 2.86. The fourth-order valence-corrected chi connectivity index (χ4v) is 2.84. The van der Waals surface area contributed by atoms with E-state index in [0.29, 0.717) is 19.5 Å². The van der Waals surface area contributed by atoms with Crippen LogP contribution in [0.25, 0.3) is 0 Å². The van der Waals surface area contributed by atoms with Crippen molar-refractivity contribution in [1.29, 1.82) is 0 Å². The molecule has 1 amide bonds. The van der Waals surface area contributed by atoms with Crippen LogP contribution in [0.5, 0.6) is 5.75 Å². The van der Waals surface area contributed by atoms with Gasteiger partial charge in [-0.05, 0) is 31.0 Å². The third-order valence-corrected chi connectivity index (χ3v) is 4.03. The van der Waals surface area contributed by atoms with E-state index in [-0.39, 0.29) is 5.91 Å². The molecule has 1 heterocycles. The summed E-state index contributed by atoms with van der Waals surface area (Å²) in [4.78, 5) is 13.8. The monoisotopic (exact) mass is 340 g/mol. The average Bonchev–Trinajstić information content (AvgIpc) is 2.98. The minimum Gasteiger partial charge on any atom is -0.496 e. The molecule has 0 radical (unpaired) electrons. The minimum absolute atomic E-state index is 0.260. The van der Waals surface area contributed by atoms with Crippen LogP contribution < -0.4 is 10.1 Å². The zero-order chi connectivity index (χ0) is 14.4. The van der Waals surface area contributed by atoms with Gasteiger partial charge in [0.1, 0.15) is 5.75 Å². The Hall–Kier alpha value is -1.07. The average molecular weight is 341 g/mol. The summed E-state index contributed by atoms with van der Waals surface area (Å²) in [5.74, 6) is 1.13. The van der Waals surface area contributed by atoms with Gasteiger partial charge in [-0.2, -0.15) is 0 Å². The SMILES string of the molecule is COc1ccc(Br)cc1CNCCC(=O)N1CCCC1. The molecule has 0 saturated carbocycles. The number of benzene rings is 1. The molecule has 0 aliphatic carbocycles. The van der Waals surface area contributed by atoms with E-state index in [0.717, 1.165) is 41.7 Å². The highest BCUT2D eigenvalue weighted by atomic mass is 79.9. The van der Waals surface area contributed by atoms with Crippen molar-refractivity contribution >= 4 is 21.8 Å². The van der Waals surface area contributed by atoms with Crippen LogP contribution in [-0.2, 0) is 11.3 Å². The van der Waals surface area contributed by atoms with Crippen molar-refractivity contribution in [1.82, 2.24) is 10.2 Å². The van der Waals surface area contributed by atoms with Gasteiger partial charge < -0.3 is 15.0 Å². The number of hydrogen-bond acceptors (Lipinski definition) is 3. The van der Waals surface area contributed by atoms with Crippen LogP contribution in [0.15, 0.2) is 22.7 Å². The van der Waals surface area contributed by atoms with Crippen molar-refractivity contribution in [2.24, 2.45) is 0 Å². The third kappa shape index (κ3) is 4.21. The number of nitrogens with zero attached hydrogens (tertiary/aromatic N) is 1. The lowest BCUT2D eigenvalue weighted by molar-refractivity contribution is -0.130. The molecule has 110 valence electrons. The van der Waals surface area contributed by atoms with Crippen LogP contribution in [0.1, 0.15) is 24.8 Å². The van der Waals surface area contributed by atoms with Crippen LogP contribution in [0, 0.1) is 0 Å². The van der Waals surface area contributed by atoms with Gasteiger partial charge in [0.15, 0.2) is 0 Å². The van der Waals surface area contributed by atoms with Gasteiger partial charge in [0, 0.05) is 42.6 Å². The number of carbonyl (C=O) groups is 1. The maximum Gasteiger partial charge on any atom is 0.223 e. The number of halogens is 1. The van der Waals surface area contributed by atoms with Crippen LogP contribution in [-0.4, -0.2) is 37.6 Å². The molecule has 0 bridgehead atoms. The molecule has 1 aromatic rings. The maximum absolute atomic E-state index is 11.9. The Bertz CT molecular complexity index is 459. The third-order valence-electron chi connectivity index (χ3n) is 3.53. The van der Waals surface area contributed by atoms with E-state index in [4.69, 9.17) is 4.74 Å². The number of ether oxygens (including phenoxy) is 1. The van der Waals surface area contributed by atoms with Crippen LogP contribution in [0.4, 0.5) is 0 Å². The molecular formula is C15H21BrN2O2. The fourth-order valence-electron chi connectivity index (χ4n) is 2.43. The van der Waals surface area contributed by atoms with E-state index in [1.807, 2.05) is 23.1 Å². The van der Waals surface area contributed by atoms with Gasteiger partial charge in [-0.15, -0.1) is 0 Å². The van der Waals surface area contributed by atoms with Crippen molar-refractivity contribution < 1.29 is 9.53 Å². The Kier molecular flexibility index (Phi) is 5.86. The van der Waals surface area contributed by atoms with E-state index in [1.165, 1.54) is 0 Å². The Labute approximate surface area is 128 Å². The van der Waals surface area contributed by atoms with E-state index in [2.05, 4.69) is 21.2 Å². The van der Waals surface area contributed by atoms with Crippen molar-refractivity contribution in [2.45, 2.75) is 25.8 Å². The Morgan fingerprint density at radius 2 is 2.15 bits per heavy atom. The van der Waals surface area contributed by atoms with Crippen LogP contribution >= 0.6 is 15.9 Å². The molecule has 1 aromatic carbocycles. The summed E-state index contributed by atoms with van der Waals surface area (Å²) >= 11 is 3.46. The van der Waals surface area contributed by atoms with Gasteiger partial charge in [0.05, 0.1) is 7.11 Å². The summed E-state index contributed by atoms with van der Waals surface area (Å²) in [5, 5.41) is 3.31. The van der Waals surface area contributed by atoms with Gasteiger partial charge in [-0.3, -0.25) is 4.79 Å². The lowest BCUT2D eigenvalue weighted by Gasteiger charge is -2.15. The minimum atomic E-state index is 0.260. The van der Waals surface area contributed by atoms with E-state index in [9.17, 15) is 4.79 Å².